The molecule has 0 fully saturated rings. The molecule has 122 valence electrons. The van der Waals surface area contributed by atoms with Crippen molar-refractivity contribution < 1.29 is 0 Å². The number of hydrogen-bond donors (Lipinski definition) is 1. The second kappa shape index (κ2) is 6.86. The second-order valence-corrected chi connectivity index (χ2v) is 10.2. The Bertz CT molecular complexity index is 1010. The first-order valence-corrected chi connectivity index (χ1v) is 11.1. The average molecular weight is 429 g/mol. The first-order valence-electron chi connectivity index (χ1n) is 6.92. The smallest absolute Gasteiger partial charge is 0.118 e. The predicted molar refractivity (Wildman–Crippen MR) is 112 cm³/mol. The van der Waals surface area contributed by atoms with Gasteiger partial charge in [-0.25, -0.2) is 4.98 Å². The highest BCUT2D eigenvalue weighted by Gasteiger charge is 2.20. The van der Waals surface area contributed by atoms with E-state index in [1.54, 1.807) is 45.8 Å². The molecule has 3 aromatic rings. The van der Waals surface area contributed by atoms with Crippen LogP contribution in [0.15, 0.2) is 43.8 Å². The lowest BCUT2D eigenvalue weighted by molar-refractivity contribution is 1.46. The van der Waals surface area contributed by atoms with Gasteiger partial charge in [0.15, 0.2) is 0 Å². The second-order valence-electron chi connectivity index (χ2n) is 5.02. The maximum atomic E-state index is 6.13. The van der Waals surface area contributed by atoms with Gasteiger partial charge in [-0.15, -0.1) is 34.0 Å². The van der Waals surface area contributed by atoms with Crippen LogP contribution in [0.3, 0.4) is 0 Å². The summed E-state index contributed by atoms with van der Waals surface area (Å²) in [5.74, 6) is 0. The molecule has 0 saturated heterocycles. The quantitative estimate of drug-likeness (QED) is 0.431. The lowest BCUT2D eigenvalue weighted by Gasteiger charge is -1.97. The minimum absolute atomic E-state index is 0.735. The van der Waals surface area contributed by atoms with Crippen molar-refractivity contribution in [2.75, 3.05) is 5.32 Å². The first kappa shape index (κ1) is 16.7. The number of fused-ring (bicyclic) bond motifs is 2. The Kier molecular flexibility index (Phi) is 4.77. The van der Waals surface area contributed by atoms with Gasteiger partial charge in [0.25, 0.3) is 0 Å². The molecular weight excluding hydrogens is 419 g/mol. The fourth-order valence-electron chi connectivity index (χ4n) is 2.08. The Balaban J connectivity index is 1.46. The Morgan fingerprint density at radius 3 is 2.83 bits per heavy atom. The van der Waals surface area contributed by atoms with Crippen molar-refractivity contribution in [3.8, 4) is 0 Å². The average Bonchev–Trinajstić information content (AvgIpc) is 3.29. The first-order chi connectivity index (χ1) is 11.6. The zero-order valence-corrected chi connectivity index (χ0v) is 17.1. The largest absolute Gasteiger partial charge is 0.347 e. The van der Waals surface area contributed by atoms with Gasteiger partial charge in [0.05, 0.1) is 25.0 Å². The minimum Gasteiger partial charge on any atom is -0.347 e. The van der Waals surface area contributed by atoms with E-state index in [9.17, 15) is 0 Å². The van der Waals surface area contributed by atoms with Crippen molar-refractivity contribution in [1.82, 2.24) is 4.98 Å². The zero-order chi connectivity index (χ0) is 16.7. The summed E-state index contributed by atoms with van der Waals surface area (Å²) in [5, 5.41) is 10.8. The van der Waals surface area contributed by atoms with E-state index in [0.717, 1.165) is 40.9 Å². The van der Waals surface area contributed by atoms with Gasteiger partial charge in [-0.3, -0.25) is 0 Å². The van der Waals surface area contributed by atoms with Gasteiger partial charge in [0, 0.05) is 10.8 Å². The molecule has 0 aromatic carbocycles. The summed E-state index contributed by atoms with van der Waals surface area (Å²) in [6.07, 6.45) is 8.25. The fourth-order valence-corrected chi connectivity index (χ4v) is 6.71. The molecule has 24 heavy (non-hydrogen) atoms. The van der Waals surface area contributed by atoms with Crippen LogP contribution in [0.25, 0.3) is 15.6 Å². The third-order valence-electron chi connectivity index (χ3n) is 3.26. The zero-order valence-electron chi connectivity index (χ0n) is 12.3. The Hall–Kier alpha value is -0.760. The van der Waals surface area contributed by atoms with Gasteiger partial charge in [-0.1, -0.05) is 52.7 Å². The third kappa shape index (κ3) is 3.31. The van der Waals surface area contributed by atoms with Gasteiger partial charge in [-0.05, 0) is 19.1 Å². The van der Waals surface area contributed by atoms with E-state index in [2.05, 4.69) is 35.5 Å². The lowest BCUT2D eigenvalue weighted by Crippen LogP contribution is -1.87. The molecule has 4 heterocycles. The topological polar surface area (TPSA) is 24.9 Å². The van der Waals surface area contributed by atoms with Gasteiger partial charge in [-0.2, -0.15) is 0 Å². The number of thiophene rings is 2. The Morgan fingerprint density at radius 2 is 2.04 bits per heavy atom. The van der Waals surface area contributed by atoms with E-state index in [0.29, 0.717) is 0 Å². The van der Waals surface area contributed by atoms with Crippen LogP contribution < -0.4 is 5.32 Å². The molecule has 3 aromatic heterocycles. The van der Waals surface area contributed by atoms with E-state index >= 15 is 0 Å². The van der Waals surface area contributed by atoms with Crippen molar-refractivity contribution in [2.45, 2.75) is 11.1 Å². The number of nitrogens with one attached hydrogen (secondary N) is 1. The molecule has 0 amide bonds. The monoisotopic (exact) mass is 428 g/mol. The number of allylic oxidation sites excluding steroid dienone is 4. The van der Waals surface area contributed by atoms with Gasteiger partial charge < -0.3 is 5.32 Å². The number of thioether (sulfide) groups is 1. The number of aromatic nitrogens is 1. The summed E-state index contributed by atoms with van der Waals surface area (Å²) < 4.78 is 2.38. The highest BCUT2D eigenvalue weighted by molar-refractivity contribution is 8.05. The van der Waals surface area contributed by atoms with Crippen LogP contribution >= 0.6 is 69.0 Å². The van der Waals surface area contributed by atoms with Crippen LogP contribution in [0, 0.1) is 0 Å². The van der Waals surface area contributed by atoms with Crippen LogP contribution in [0.2, 0.25) is 10.0 Å². The van der Waals surface area contributed by atoms with E-state index in [1.165, 1.54) is 4.21 Å². The van der Waals surface area contributed by atoms with Crippen LogP contribution in [-0.4, -0.2) is 4.98 Å². The molecule has 0 aliphatic carbocycles. The molecule has 1 aliphatic heterocycles. The van der Waals surface area contributed by atoms with Crippen LogP contribution in [0.1, 0.15) is 11.9 Å². The van der Waals surface area contributed by atoms with Gasteiger partial charge >= 0.3 is 0 Å². The number of rotatable bonds is 3. The van der Waals surface area contributed by atoms with Crippen LogP contribution in [0.5, 0.6) is 0 Å². The normalized spacial score (nSPS) is 16.5. The molecule has 0 saturated carbocycles. The van der Waals surface area contributed by atoms with Crippen molar-refractivity contribution in [2.24, 2.45) is 0 Å². The molecule has 0 radical (unpaired) electrons. The van der Waals surface area contributed by atoms with Crippen LogP contribution in [-0.2, 0) is 0 Å². The van der Waals surface area contributed by atoms with E-state index in [1.807, 2.05) is 16.8 Å². The Labute approximate surface area is 165 Å². The molecule has 0 spiro atoms. The predicted octanol–water partition coefficient (Wildman–Crippen LogP) is 7.74. The molecule has 1 aliphatic rings. The summed E-state index contributed by atoms with van der Waals surface area (Å²) in [5.41, 5.74) is 3.08. The highest BCUT2D eigenvalue weighted by atomic mass is 35.5. The van der Waals surface area contributed by atoms with Gasteiger partial charge in [0.1, 0.15) is 14.5 Å². The summed E-state index contributed by atoms with van der Waals surface area (Å²) in [4.78, 5) is 4.55. The van der Waals surface area contributed by atoms with E-state index < -0.39 is 0 Å². The van der Waals surface area contributed by atoms with E-state index in [4.69, 9.17) is 23.2 Å². The molecule has 0 atom stereocenters. The number of nitrogens with zero attached hydrogens (tertiary/aromatic N) is 1. The molecule has 8 heteroatoms. The maximum absolute atomic E-state index is 6.13. The Morgan fingerprint density at radius 1 is 1.21 bits per heavy atom. The molecule has 4 rings (SSSR count). The summed E-state index contributed by atoms with van der Waals surface area (Å²) in [6, 6.07) is 0. The molecule has 0 bridgehead atoms. The van der Waals surface area contributed by atoms with E-state index in [-0.39, 0.29) is 0 Å². The number of halogens is 2. The summed E-state index contributed by atoms with van der Waals surface area (Å²) >= 11 is 18.9. The molecule has 0 unspecified atom stereocenters. The van der Waals surface area contributed by atoms with Crippen LogP contribution in [0.4, 0.5) is 5.69 Å². The maximum Gasteiger partial charge on any atom is 0.118 e. The standard InChI is InChI=1S/C16H10Cl2N2S4/c1-8(2-4-11-19-13-9(17)6-21-15(13)23-11)3-5-12-20-14-10(18)7-22-16(14)24-12/h2-7,19H,1H3. The highest BCUT2D eigenvalue weighted by Crippen LogP contribution is 2.48. The SMILES string of the molecule is CC(C=Cc1nc2c(Cl)csc2s1)=CC=C1Nc2c(Cl)csc2S1. The lowest BCUT2D eigenvalue weighted by atomic mass is 10.2. The van der Waals surface area contributed by atoms with Crippen molar-refractivity contribution in [3.63, 3.8) is 0 Å². The molecule has 2 nitrogen and oxygen atoms in total. The van der Waals surface area contributed by atoms with Gasteiger partial charge in [0.2, 0.25) is 0 Å². The summed E-state index contributed by atoms with van der Waals surface area (Å²) in [6.45, 7) is 2.07. The van der Waals surface area contributed by atoms with Crippen molar-refractivity contribution >= 4 is 90.3 Å². The summed E-state index contributed by atoms with van der Waals surface area (Å²) in [7, 11) is 0. The minimum atomic E-state index is 0.735. The molecule has 1 N–H and O–H groups in total. The molecular formula is C16H10Cl2N2S4. The van der Waals surface area contributed by atoms with Crippen molar-refractivity contribution in [3.05, 3.63) is 54.6 Å². The third-order valence-corrected chi connectivity index (χ3v) is 8.38. The number of hydrogen-bond acceptors (Lipinski definition) is 6. The number of thiazole rings is 1. The number of anilines is 1. The van der Waals surface area contributed by atoms with Crippen molar-refractivity contribution in [1.29, 1.82) is 0 Å². The fraction of sp³-hybridized carbons (Fsp3) is 0.0625.